The van der Waals surface area contributed by atoms with E-state index in [9.17, 15) is 4.79 Å². The lowest BCUT2D eigenvalue weighted by Gasteiger charge is -2.36. The zero-order valence-electron chi connectivity index (χ0n) is 20.3. The molecule has 4 atom stereocenters. The van der Waals surface area contributed by atoms with Crippen LogP contribution in [0.5, 0.6) is 0 Å². The van der Waals surface area contributed by atoms with Gasteiger partial charge in [-0.3, -0.25) is 9.78 Å². The fourth-order valence-corrected chi connectivity index (χ4v) is 5.68. The van der Waals surface area contributed by atoms with Crippen LogP contribution in [-0.4, -0.2) is 23.5 Å². The third-order valence-corrected chi connectivity index (χ3v) is 7.57. The van der Waals surface area contributed by atoms with Crippen LogP contribution in [0.3, 0.4) is 0 Å². The lowest BCUT2D eigenvalue weighted by atomic mass is 9.79. The number of para-hydroxylation sites is 1. The first kappa shape index (κ1) is 23.3. The number of piperidine rings is 1. The molecule has 1 aliphatic rings. The number of carbonyl (C=O) groups excluding carboxylic acids is 1. The van der Waals surface area contributed by atoms with Crippen LogP contribution in [0.1, 0.15) is 37.0 Å². The van der Waals surface area contributed by atoms with Crippen molar-refractivity contribution in [3.05, 3.63) is 103 Å². The number of esters is 1. The maximum absolute atomic E-state index is 13.4. The zero-order chi connectivity index (χ0) is 24.2. The molecule has 0 saturated carbocycles. The number of ether oxygens (including phenoxy) is 1. The van der Waals surface area contributed by atoms with E-state index in [-0.39, 0.29) is 24.5 Å². The summed E-state index contributed by atoms with van der Waals surface area (Å²) >= 11 is 0. The Morgan fingerprint density at radius 1 is 1.09 bits per heavy atom. The van der Waals surface area contributed by atoms with Crippen molar-refractivity contribution in [1.29, 1.82) is 0 Å². The molecular formula is C31H33N2O2+. The molecular weight excluding hydrogens is 432 g/mol. The number of hydrogen-bond acceptors (Lipinski definition) is 3. The minimum Gasteiger partial charge on any atom is -0.451 e. The second-order valence-corrected chi connectivity index (χ2v) is 9.58. The van der Waals surface area contributed by atoms with Crippen molar-refractivity contribution in [3.63, 3.8) is 0 Å². The first-order valence-electron chi connectivity index (χ1n) is 12.6. The van der Waals surface area contributed by atoms with Crippen LogP contribution < -0.4 is 5.32 Å². The molecule has 4 nitrogen and oxygen atoms in total. The summed E-state index contributed by atoms with van der Waals surface area (Å²) in [6.45, 7) is 7.27. The number of carbonyl (C=O) groups is 1. The normalized spacial score (nSPS) is 21.0. The van der Waals surface area contributed by atoms with Crippen molar-refractivity contribution in [3.8, 4) is 0 Å². The Bertz CT molecular complexity index is 1340. The quantitative estimate of drug-likeness (QED) is 0.295. The van der Waals surface area contributed by atoms with Gasteiger partial charge in [0, 0.05) is 29.5 Å². The molecule has 0 radical (unpaired) electrons. The van der Waals surface area contributed by atoms with E-state index in [1.807, 2.05) is 54.7 Å². The Hall–Kier alpha value is -3.50. The molecule has 0 aliphatic carbocycles. The molecule has 1 saturated heterocycles. The molecule has 2 heterocycles. The highest BCUT2D eigenvalue weighted by Crippen LogP contribution is 2.34. The predicted octanol–water partition coefficient (Wildman–Crippen LogP) is 5.38. The lowest BCUT2D eigenvalue weighted by molar-refractivity contribution is -0.712. The Kier molecular flexibility index (Phi) is 6.91. The number of fused-ring (bicyclic) bond motifs is 2. The molecule has 35 heavy (non-hydrogen) atoms. The monoisotopic (exact) mass is 465 g/mol. The molecule has 178 valence electrons. The molecule has 1 aromatic heterocycles. The second-order valence-electron chi connectivity index (χ2n) is 9.58. The predicted molar refractivity (Wildman–Crippen MR) is 141 cm³/mol. The smallest absolute Gasteiger partial charge is 0.311 e. The molecule has 0 spiro atoms. The average molecular weight is 466 g/mol. The standard InChI is InChI=1S/C31H32N2O2/c1-3-21-18-29(33-20-22(21)4-2)31(27-16-17-32-28-15-8-7-14-26(27)28)35-30(34)19-24-12-9-11-23-10-5-6-13-25(23)24/h4-17,21-22,29,31,33H,2-3,18-20H2,1H3/p+1/t21-,22-,29+,31-/m0/s1. The van der Waals surface area contributed by atoms with Crippen LogP contribution in [-0.2, 0) is 16.0 Å². The highest BCUT2D eigenvalue weighted by Gasteiger charge is 2.38. The number of pyridine rings is 1. The summed E-state index contributed by atoms with van der Waals surface area (Å²) in [7, 11) is 0. The molecule has 5 rings (SSSR count). The van der Waals surface area contributed by atoms with Crippen molar-refractivity contribution in [2.45, 2.75) is 38.3 Å². The molecule has 0 bridgehead atoms. The Morgan fingerprint density at radius 3 is 2.69 bits per heavy atom. The van der Waals surface area contributed by atoms with Crippen molar-refractivity contribution in [2.75, 3.05) is 6.54 Å². The number of hydrogen-bond donors (Lipinski definition) is 1. The third kappa shape index (κ3) is 4.85. The fraction of sp³-hybridized carbons (Fsp3) is 0.290. The molecule has 0 amide bonds. The number of benzene rings is 3. The summed E-state index contributed by atoms with van der Waals surface area (Å²) in [5.41, 5.74) is 2.96. The largest absolute Gasteiger partial charge is 0.451 e. The first-order valence-corrected chi connectivity index (χ1v) is 12.6. The molecule has 0 unspecified atom stereocenters. The SMILES string of the molecule is C=C[C@H]1C[NH2+][C@@H]([C@@H](OC(=O)Cc2cccc3ccccc23)c2ccnc3ccccc23)C[C@@H]1CC. The highest BCUT2D eigenvalue weighted by molar-refractivity contribution is 5.89. The van der Waals surface area contributed by atoms with Gasteiger partial charge < -0.3 is 10.1 Å². The van der Waals surface area contributed by atoms with Gasteiger partial charge in [-0.1, -0.05) is 80.1 Å². The summed E-state index contributed by atoms with van der Waals surface area (Å²) in [5.74, 6) is 0.826. The number of nitrogens with zero attached hydrogens (tertiary/aromatic N) is 1. The van der Waals surface area contributed by atoms with Crippen LogP contribution in [0.2, 0.25) is 0 Å². The van der Waals surface area contributed by atoms with Crippen LogP contribution >= 0.6 is 0 Å². The highest BCUT2D eigenvalue weighted by atomic mass is 16.5. The third-order valence-electron chi connectivity index (χ3n) is 7.57. The van der Waals surface area contributed by atoms with Crippen molar-refractivity contribution >= 4 is 27.6 Å². The minimum atomic E-state index is -0.342. The second kappa shape index (κ2) is 10.4. The summed E-state index contributed by atoms with van der Waals surface area (Å²) in [4.78, 5) is 18.0. The van der Waals surface area contributed by atoms with E-state index in [2.05, 4.69) is 54.1 Å². The molecule has 2 N–H and O–H groups in total. The van der Waals surface area contributed by atoms with Gasteiger partial charge in [0.2, 0.25) is 0 Å². The maximum Gasteiger partial charge on any atom is 0.311 e. The number of aromatic nitrogens is 1. The van der Waals surface area contributed by atoms with Gasteiger partial charge in [0.15, 0.2) is 6.10 Å². The van der Waals surface area contributed by atoms with E-state index in [1.54, 1.807) is 0 Å². The van der Waals surface area contributed by atoms with E-state index in [0.717, 1.165) is 52.2 Å². The molecule has 3 aromatic carbocycles. The molecule has 4 heteroatoms. The van der Waals surface area contributed by atoms with Crippen LogP contribution in [0.4, 0.5) is 0 Å². The topological polar surface area (TPSA) is 55.8 Å². The van der Waals surface area contributed by atoms with Crippen molar-refractivity contribution in [1.82, 2.24) is 4.98 Å². The van der Waals surface area contributed by atoms with Gasteiger partial charge in [-0.15, -0.1) is 6.58 Å². The van der Waals surface area contributed by atoms with Gasteiger partial charge in [-0.05, 0) is 34.4 Å². The van der Waals surface area contributed by atoms with Gasteiger partial charge in [0.25, 0.3) is 0 Å². The van der Waals surface area contributed by atoms with Crippen LogP contribution in [0.25, 0.3) is 21.7 Å². The molecule has 1 aliphatic heterocycles. The van der Waals surface area contributed by atoms with E-state index in [4.69, 9.17) is 4.74 Å². The van der Waals surface area contributed by atoms with Crippen molar-refractivity contribution in [2.24, 2.45) is 11.8 Å². The van der Waals surface area contributed by atoms with E-state index >= 15 is 0 Å². The molecule has 4 aromatic rings. The maximum atomic E-state index is 13.4. The molecule has 1 fully saturated rings. The van der Waals surface area contributed by atoms with E-state index in [1.165, 1.54) is 0 Å². The Morgan fingerprint density at radius 2 is 1.86 bits per heavy atom. The number of nitrogens with two attached hydrogens (primary N) is 1. The van der Waals surface area contributed by atoms with Crippen molar-refractivity contribution < 1.29 is 14.8 Å². The van der Waals surface area contributed by atoms with Gasteiger partial charge in [0.05, 0.1) is 18.5 Å². The number of rotatable bonds is 7. The number of quaternary nitrogens is 1. The minimum absolute atomic E-state index is 0.151. The summed E-state index contributed by atoms with van der Waals surface area (Å²) in [5, 5.41) is 5.63. The Labute approximate surface area is 207 Å². The summed E-state index contributed by atoms with van der Waals surface area (Å²) in [6.07, 6.45) is 5.90. The average Bonchev–Trinajstić information content (AvgIpc) is 2.91. The lowest BCUT2D eigenvalue weighted by Crippen LogP contribution is -2.94. The van der Waals surface area contributed by atoms with Gasteiger partial charge >= 0.3 is 5.97 Å². The zero-order valence-corrected chi connectivity index (χ0v) is 20.3. The van der Waals surface area contributed by atoms with Gasteiger partial charge in [-0.25, -0.2) is 0 Å². The van der Waals surface area contributed by atoms with E-state index in [0.29, 0.717) is 11.8 Å². The fourth-order valence-electron chi connectivity index (χ4n) is 5.68. The van der Waals surface area contributed by atoms with Crippen LogP contribution in [0.15, 0.2) is 91.6 Å². The van der Waals surface area contributed by atoms with Gasteiger partial charge in [-0.2, -0.15) is 0 Å². The first-order chi connectivity index (χ1) is 17.2. The summed E-state index contributed by atoms with van der Waals surface area (Å²) in [6, 6.07) is 24.6. The van der Waals surface area contributed by atoms with E-state index < -0.39 is 0 Å². The van der Waals surface area contributed by atoms with Gasteiger partial charge in [0.1, 0.15) is 6.04 Å². The summed E-state index contributed by atoms with van der Waals surface area (Å²) < 4.78 is 6.37. The Balaban J connectivity index is 1.47. The van der Waals surface area contributed by atoms with Crippen LogP contribution in [0, 0.1) is 11.8 Å².